The molecule has 206 valence electrons. The Bertz CT molecular complexity index is 923. The summed E-state index contributed by atoms with van der Waals surface area (Å²) in [7, 11) is 0. The lowest BCUT2D eigenvalue weighted by molar-refractivity contribution is -0.128. The minimum atomic E-state index is -0.952. The van der Waals surface area contributed by atoms with Crippen LogP contribution in [0.3, 0.4) is 0 Å². The Morgan fingerprint density at radius 3 is 2.30 bits per heavy atom. The number of aliphatic hydroxyl groups excluding tert-OH is 1. The molecule has 0 radical (unpaired) electrons. The Morgan fingerprint density at radius 1 is 1.03 bits per heavy atom. The number of carbonyl (C=O) groups excluding carboxylic acids is 5. The minimum Gasteiger partial charge on any atom is -0.445 e. The Kier molecular flexibility index (Phi) is 13.4. The minimum absolute atomic E-state index is 0.000318. The summed E-state index contributed by atoms with van der Waals surface area (Å²) in [6.07, 6.45) is -0.0767. The van der Waals surface area contributed by atoms with Gasteiger partial charge in [0.2, 0.25) is 17.7 Å². The van der Waals surface area contributed by atoms with Crippen LogP contribution in [-0.2, 0) is 25.7 Å². The number of hydrogen-bond donors (Lipinski definition) is 8. The van der Waals surface area contributed by atoms with Crippen molar-refractivity contribution in [3.05, 3.63) is 29.8 Å². The van der Waals surface area contributed by atoms with Gasteiger partial charge in [-0.05, 0) is 30.5 Å². The topological polar surface area (TPSA) is 227 Å². The molecule has 0 spiro atoms. The van der Waals surface area contributed by atoms with Crippen molar-refractivity contribution >= 4 is 35.5 Å². The van der Waals surface area contributed by atoms with Gasteiger partial charge in [-0.1, -0.05) is 26.0 Å². The largest absolute Gasteiger partial charge is 0.445 e. The van der Waals surface area contributed by atoms with Crippen molar-refractivity contribution in [2.45, 2.75) is 39.3 Å². The maximum Gasteiger partial charge on any atom is 0.407 e. The first kappa shape index (κ1) is 31.1. The molecule has 0 aliphatic heterocycles. The standard InChI is InChI=1S/C23H37N7O7/c1-23(2,14-31)13-28-22(36)37-12-15-5-7-16(8-6-15)29-20(34)17(4-3-9-26-21(25)35)30-19(33)11-27-18(32)10-24/h5-8,17,31H,3-4,9-14,24H2,1-2H3,(H,27,32)(H,28,36)(H,29,34)(H,30,33)(H3,25,26,35)/t17-/m0/s1. The normalized spacial score (nSPS) is 11.6. The number of aliphatic hydroxyl groups is 1. The molecule has 1 aromatic rings. The smallest absolute Gasteiger partial charge is 0.407 e. The lowest BCUT2D eigenvalue weighted by Gasteiger charge is -2.21. The van der Waals surface area contributed by atoms with Crippen LogP contribution in [0, 0.1) is 5.41 Å². The van der Waals surface area contributed by atoms with Crippen LogP contribution in [0.2, 0.25) is 0 Å². The van der Waals surface area contributed by atoms with Crippen LogP contribution in [0.15, 0.2) is 24.3 Å². The van der Waals surface area contributed by atoms with E-state index in [4.69, 9.17) is 16.2 Å². The maximum absolute atomic E-state index is 12.8. The van der Waals surface area contributed by atoms with E-state index in [1.807, 2.05) is 0 Å². The number of nitrogens with one attached hydrogen (secondary N) is 5. The molecule has 0 saturated heterocycles. The van der Waals surface area contributed by atoms with Crippen molar-refractivity contribution in [2.75, 3.05) is 38.1 Å². The summed E-state index contributed by atoms with van der Waals surface area (Å²) in [5, 5.41) is 21.8. The van der Waals surface area contributed by atoms with Gasteiger partial charge in [-0.15, -0.1) is 0 Å². The Balaban J connectivity index is 2.65. The second-order valence-corrected chi connectivity index (χ2v) is 8.97. The molecule has 0 saturated carbocycles. The third-order valence-corrected chi connectivity index (χ3v) is 4.98. The third kappa shape index (κ3) is 13.7. The molecule has 0 aromatic heterocycles. The monoisotopic (exact) mass is 523 g/mol. The SMILES string of the molecule is CC(C)(CO)CNC(=O)OCc1ccc(NC(=O)[C@H](CCCNC(N)=O)NC(=O)CNC(=O)CN)cc1. The van der Waals surface area contributed by atoms with E-state index in [-0.39, 0.29) is 45.8 Å². The summed E-state index contributed by atoms with van der Waals surface area (Å²) in [4.78, 5) is 58.9. The summed E-state index contributed by atoms with van der Waals surface area (Å²) >= 11 is 0. The van der Waals surface area contributed by atoms with E-state index < -0.39 is 41.3 Å². The number of alkyl carbamates (subject to hydrolysis) is 1. The first-order valence-electron chi connectivity index (χ1n) is 11.7. The molecule has 0 bridgehead atoms. The summed E-state index contributed by atoms with van der Waals surface area (Å²) < 4.78 is 5.15. The van der Waals surface area contributed by atoms with E-state index in [0.717, 1.165) is 0 Å². The number of primary amides is 1. The molecule has 6 amide bonds. The fraction of sp³-hybridized carbons (Fsp3) is 0.522. The Hall–Kier alpha value is -3.91. The molecule has 0 aliphatic rings. The summed E-state index contributed by atoms with van der Waals surface area (Å²) in [6.45, 7) is 3.35. The number of hydrogen-bond acceptors (Lipinski definition) is 8. The van der Waals surface area contributed by atoms with Crippen LogP contribution >= 0.6 is 0 Å². The van der Waals surface area contributed by atoms with E-state index in [1.165, 1.54) is 0 Å². The number of anilines is 1. The number of urea groups is 1. The lowest BCUT2D eigenvalue weighted by Crippen LogP contribution is -2.48. The zero-order valence-corrected chi connectivity index (χ0v) is 21.1. The van der Waals surface area contributed by atoms with Crippen LogP contribution in [0.5, 0.6) is 0 Å². The summed E-state index contributed by atoms with van der Waals surface area (Å²) in [5.74, 6) is -1.61. The fourth-order valence-electron chi connectivity index (χ4n) is 2.76. The van der Waals surface area contributed by atoms with Gasteiger partial charge >= 0.3 is 12.1 Å². The zero-order valence-electron chi connectivity index (χ0n) is 21.1. The average molecular weight is 524 g/mol. The first-order valence-corrected chi connectivity index (χ1v) is 11.7. The predicted octanol–water partition coefficient (Wildman–Crippen LogP) is -1.12. The maximum atomic E-state index is 12.8. The molecule has 0 aliphatic carbocycles. The molecule has 0 heterocycles. The highest BCUT2D eigenvalue weighted by Crippen LogP contribution is 2.13. The predicted molar refractivity (Wildman–Crippen MR) is 135 cm³/mol. The van der Waals surface area contributed by atoms with Crippen molar-refractivity contribution < 1.29 is 33.8 Å². The van der Waals surface area contributed by atoms with Gasteiger partial charge in [-0.25, -0.2) is 9.59 Å². The number of ether oxygens (including phenoxy) is 1. The lowest BCUT2D eigenvalue weighted by atomic mass is 9.95. The van der Waals surface area contributed by atoms with Crippen LogP contribution in [0.1, 0.15) is 32.3 Å². The van der Waals surface area contributed by atoms with Gasteiger partial charge < -0.3 is 47.9 Å². The number of benzene rings is 1. The second kappa shape index (κ2) is 16.0. The number of nitrogens with two attached hydrogens (primary N) is 2. The van der Waals surface area contributed by atoms with Crippen molar-refractivity contribution in [3.8, 4) is 0 Å². The van der Waals surface area contributed by atoms with Gasteiger partial charge in [0.05, 0.1) is 13.1 Å². The highest BCUT2D eigenvalue weighted by molar-refractivity contribution is 5.97. The number of amides is 6. The average Bonchev–Trinajstić information content (AvgIpc) is 2.87. The molecule has 0 unspecified atom stereocenters. The Morgan fingerprint density at radius 2 is 1.70 bits per heavy atom. The number of rotatable bonds is 15. The highest BCUT2D eigenvalue weighted by Gasteiger charge is 2.21. The fourth-order valence-corrected chi connectivity index (χ4v) is 2.76. The number of carbonyl (C=O) groups is 5. The molecule has 1 rings (SSSR count). The summed E-state index contributed by atoms with van der Waals surface area (Å²) in [5.41, 5.74) is 10.9. The molecule has 1 aromatic carbocycles. The second-order valence-electron chi connectivity index (χ2n) is 8.97. The Labute approximate surface area is 215 Å². The molecule has 1 atom stereocenters. The van der Waals surface area contributed by atoms with Gasteiger partial charge in [-0.3, -0.25) is 14.4 Å². The summed E-state index contributed by atoms with van der Waals surface area (Å²) in [6, 6.07) is 4.88. The van der Waals surface area contributed by atoms with Gasteiger partial charge in [0.1, 0.15) is 12.6 Å². The van der Waals surface area contributed by atoms with E-state index in [9.17, 15) is 29.1 Å². The van der Waals surface area contributed by atoms with Crippen LogP contribution < -0.4 is 38.1 Å². The van der Waals surface area contributed by atoms with E-state index in [2.05, 4.69) is 26.6 Å². The molecule has 10 N–H and O–H groups in total. The molecular formula is C23H37N7O7. The molecule has 37 heavy (non-hydrogen) atoms. The van der Waals surface area contributed by atoms with E-state index in [0.29, 0.717) is 17.7 Å². The van der Waals surface area contributed by atoms with E-state index in [1.54, 1.807) is 38.1 Å². The zero-order chi connectivity index (χ0) is 27.8. The first-order chi connectivity index (χ1) is 17.5. The molecule has 0 fully saturated rings. The van der Waals surface area contributed by atoms with Crippen molar-refractivity contribution in [2.24, 2.45) is 16.9 Å². The van der Waals surface area contributed by atoms with Crippen LogP contribution in [-0.4, -0.2) is 73.8 Å². The highest BCUT2D eigenvalue weighted by atomic mass is 16.5. The van der Waals surface area contributed by atoms with Gasteiger partial charge in [0, 0.05) is 30.8 Å². The van der Waals surface area contributed by atoms with Crippen molar-refractivity contribution in [3.63, 3.8) is 0 Å². The molecular weight excluding hydrogens is 486 g/mol. The van der Waals surface area contributed by atoms with E-state index >= 15 is 0 Å². The van der Waals surface area contributed by atoms with Gasteiger partial charge in [0.15, 0.2) is 0 Å². The third-order valence-electron chi connectivity index (χ3n) is 4.98. The quantitative estimate of drug-likeness (QED) is 0.131. The van der Waals surface area contributed by atoms with Gasteiger partial charge in [-0.2, -0.15) is 0 Å². The van der Waals surface area contributed by atoms with Crippen molar-refractivity contribution in [1.82, 2.24) is 21.3 Å². The molecule has 14 heteroatoms. The van der Waals surface area contributed by atoms with Crippen molar-refractivity contribution in [1.29, 1.82) is 0 Å². The van der Waals surface area contributed by atoms with Crippen LogP contribution in [0.25, 0.3) is 0 Å². The van der Waals surface area contributed by atoms with Gasteiger partial charge in [0.25, 0.3) is 0 Å². The molecule has 14 nitrogen and oxygen atoms in total. The van der Waals surface area contributed by atoms with Crippen LogP contribution in [0.4, 0.5) is 15.3 Å².